The second-order valence-electron chi connectivity index (χ2n) is 6.68. The van der Waals surface area contributed by atoms with Crippen LogP contribution in [-0.2, 0) is 4.79 Å². The number of benzene rings is 2. The summed E-state index contributed by atoms with van der Waals surface area (Å²) in [6, 6.07) is 12.3. The van der Waals surface area contributed by atoms with Crippen LogP contribution in [0.25, 0.3) is 0 Å². The van der Waals surface area contributed by atoms with Crippen LogP contribution in [0.5, 0.6) is 5.75 Å². The number of rotatable bonds is 6. The second kappa shape index (κ2) is 9.46. The second-order valence-corrected chi connectivity index (χ2v) is 7.09. The summed E-state index contributed by atoms with van der Waals surface area (Å²) >= 11 is 6.08. The van der Waals surface area contributed by atoms with Crippen LogP contribution in [0.3, 0.4) is 0 Å². The van der Waals surface area contributed by atoms with Gasteiger partial charge < -0.3 is 20.3 Å². The summed E-state index contributed by atoms with van der Waals surface area (Å²) in [6.45, 7) is 1.67. The molecule has 7 heteroatoms. The summed E-state index contributed by atoms with van der Waals surface area (Å²) in [7, 11) is 1.55. The molecule has 2 N–H and O–H groups in total. The zero-order valence-electron chi connectivity index (χ0n) is 15.8. The third-order valence-corrected chi connectivity index (χ3v) is 4.94. The number of carbonyl (C=O) groups is 2. The molecule has 0 spiro atoms. The molecule has 0 bridgehead atoms. The normalized spacial score (nSPS) is 13.7. The van der Waals surface area contributed by atoms with Gasteiger partial charge in [-0.2, -0.15) is 0 Å². The Hall–Kier alpha value is -2.73. The average molecular weight is 402 g/mol. The molecule has 0 radical (unpaired) electrons. The molecule has 2 amide bonds. The number of hydrogen-bond acceptors (Lipinski definition) is 4. The van der Waals surface area contributed by atoms with E-state index in [2.05, 4.69) is 10.6 Å². The molecule has 3 rings (SSSR count). The van der Waals surface area contributed by atoms with Crippen LogP contribution in [0.15, 0.2) is 42.5 Å². The Kier molecular flexibility index (Phi) is 6.76. The van der Waals surface area contributed by atoms with Crippen molar-refractivity contribution in [1.29, 1.82) is 0 Å². The molecule has 1 saturated heterocycles. The Morgan fingerprint density at radius 1 is 1.07 bits per heavy atom. The number of nitrogens with one attached hydrogen (secondary N) is 2. The Morgan fingerprint density at radius 3 is 2.57 bits per heavy atom. The molecule has 0 aromatic heterocycles. The number of anilines is 2. The number of methoxy groups -OCH3 is 1. The van der Waals surface area contributed by atoms with Crippen molar-refractivity contribution in [3.05, 3.63) is 53.1 Å². The number of amides is 2. The van der Waals surface area contributed by atoms with Gasteiger partial charge in [-0.3, -0.25) is 9.59 Å². The van der Waals surface area contributed by atoms with Gasteiger partial charge in [0, 0.05) is 30.0 Å². The van der Waals surface area contributed by atoms with Gasteiger partial charge in [-0.15, -0.1) is 0 Å². The van der Waals surface area contributed by atoms with E-state index < -0.39 is 0 Å². The van der Waals surface area contributed by atoms with E-state index in [1.165, 1.54) is 6.42 Å². The van der Waals surface area contributed by atoms with Crippen molar-refractivity contribution in [3.63, 3.8) is 0 Å². The lowest BCUT2D eigenvalue weighted by Gasteiger charge is -2.26. The number of halogens is 1. The van der Waals surface area contributed by atoms with Crippen molar-refractivity contribution < 1.29 is 14.3 Å². The Balaban J connectivity index is 1.56. The fraction of sp³-hybridized carbons (Fsp3) is 0.333. The number of likely N-dealkylation sites (tertiary alicyclic amines) is 1. The molecule has 148 valence electrons. The quantitative estimate of drug-likeness (QED) is 0.766. The van der Waals surface area contributed by atoms with Gasteiger partial charge in [-0.05, 0) is 55.7 Å². The molecular formula is C21H24ClN3O3. The SMILES string of the molecule is COc1ccc(NCC(=O)Nc2cccc(C(=O)N3CCCCC3)c2)cc1Cl. The minimum Gasteiger partial charge on any atom is -0.495 e. The molecule has 0 saturated carbocycles. The largest absolute Gasteiger partial charge is 0.495 e. The Bertz CT molecular complexity index is 851. The molecule has 28 heavy (non-hydrogen) atoms. The third kappa shape index (κ3) is 5.16. The van der Waals surface area contributed by atoms with E-state index in [9.17, 15) is 9.59 Å². The predicted octanol–water partition coefficient (Wildman–Crippen LogP) is 4.03. The first-order valence-electron chi connectivity index (χ1n) is 9.33. The highest BCUT2D eigenvalue weighted by Crippen LogP contribution is 2.27. The summed E-state index contributed by atoms with van der Waals surface area (Å²) in [4.78, 5) is 26.7. The average Bonchev–Trinajstić information content (AvgIpc) is 2.72. The van der Waals surface area contributed by atoms with Crippen LogP contribution in [0, 0.1) is 0 Å². The lowest BCUT2D eigenvalue weighted by Crippen LogP contribution is -2.35. The molecule has 0 aliphatic carbocycles. The number of nitrogens with zero attached hydrogens (tertiary/aromatic N) is 1. The van der Waals surface area contributed by atoms with Gasteiger partial charge in [-0.1, -0.05) is 17.7 Å². The van der Waals surface area contributed by atoms with E-state index in [4.69, 9.17) is 16.3 Å². The monoisotopic (exact) mass is 401 g/mol. The fourth-order valence-corrected chi connectivity index (χ4v) is 3.43. The molecule has 1 fully saturated rings. The highest BCUT2D eigenvalue weighted by molar-refractivity contribution is 6.32. The van der Waals surface area contributed by atoms with Gasteiger partial charge in [0.05, 0.1) is 18.7 Å². The topological polar surface area (TPSA) is 70.7 Å². The summed E-state index contributed by atoms with van der Waals surface area (Å²) < 4.78 is 5.11. The van der Waals surface area contributed by atoms with Gasteiger partial charge in [0.1, 0.15) is 5.75 Å². The lowest BCUT2D eigenvalue weighted by molar-refractivity contribution is -0.114. The number of piperidine rings is 1. The van der Waals surface area contributed by atoms with Gasteiger partial charge >= 0.3 is 0 Å². The first-order chi connectivity index (χ1) is 13.6. The highest BCUT2D eigenvalue weighted by atomic mass is 35.5. The molecule has 1 heterocycles. The maximum Gasteiger partial charge on any atom is 0.253 e. The van der Waals surface area contributed by atoms with E-state index in [0.29, 0.717) is 22.0 Å². The predicted molar refractivity (Wildman–Crippen MR) is 111 cm³/mol. The minimum absolute atomic E-state index is 0.0156. The van der Waals surface area contributed by atoms with E-state index in [0.717, 1.165) is 31.6 Å². The van der Waals surface area contributed by atoms with Crippen LogP contribution in [0.1, 0.15) is 29.6 Å². The Labute approximate surface area is 169 Å². The molecular weight excluding hydrogens is 378 g/mol. The van der Waals surface area contributed by atoms with E-state index in [1.807, 2.05) is 4.90 Å². The van der Waals surface area contributed by atoms with Crippen molar-refractivity contribution in [2.75, 3.05) is 37.4 Å². The Morgan fingerprint density at radius 2 is 1.86 bits per heavy atom. The van der Waals surface area contributed by atoms with Crippen LogP contribution < -0.4 is 15.4 Å². The van der Waals surface area contributed by atoms with Crippen molar-refractivity contribution in [2.45, 2.75) is 19.3 Å². The van der Waals surface area contributed by atoms with Crippen LogP contribution in [0.2, 0.25) is 5.02 Å². The smallest absolute Gasteiger partial charge is 0.253 e. The molecule has 2 aromatic carbocycles. The molecule has 1 aliphatic heterocycles. The number of ether oxygens (including phenoxy) is 1. The third-order valence-electron chi connectivity index (χ3n) is 4.64. The molecule has 0 atom stereocenters. The van der Waals surface area contributed by atoms with Crippen LogP contribution >= 0.6 is 11.6 Å². The number of hydrogen-bond donors (Lipinski definition) is 2. The number of carbonyl (C=O) groups excluding carboxylic acids is 2. The van der Waals surface area contributed by atoms with E-state index in [1.54, 1.807) is 49.6 Å². The molecule has 2 aromatic rings. The molecule has 6 nitrogen and oxygen atoms in total. The molecule has 1 aliphatic rings. The van der Waals surface area contributed by atoms with E-state index in [-0.39, 0.29) is 18.4 Å². The maximum atomic E-state index is 12.6. The van der Waals surface area contributed by atoms with Crippen LogP contribution in [0.4, 0.5) is 11.4 Å². The first kappa shape index (κ1) is 20.0. The minimum atomic E-state index is -0.213. The molecule has 0 unspecified atom stereocenters. The van der Waals surface area contributed by atoms with Crippen molar-refractivity contribution in [2.24, 2.45) is 0 Å². The highest BCUT2D eigenvalue weighted by Gasteiger charge is 2.18. The first-order valence-corrected chi connectivity index (χ1v) is 9.71. The van der Waals surface area contributed by atoms with Crippen LogP contribution in [-0.4, -0.2) is 43.5 Å². The van der Waals surface area contributed by atoms with Gasteiger partial charge in [0.2, 0.25) is 5.91 Å². The summed E-state index contributed by atoms with van der Waals surface area (Å²) in [6.07, 6.45) is 3.26. The van der Waals surface area contributed by atoms with Crippen molar-refractivity contribution in [3.8, 4) is 5.75 Å². The lowest BCUT2D eigenvalue weighted by atomic mass is 10.1. The maximum absolute atomic E-state index is 12.6. The summed E-state index contributed by atoms with van der Waals surface area (Å²) in [5.74, 6) is 0.378. The van der Waals surface area contributed by atoms with Crippen molar-refractivity contribution in [1.82, 2.24) is 4.90 Å². The van der Waals surface area contributed by atoms with Gasteiger partial charge in [-0.25, -0.2) is 0 Å². The zero-order chi connectivity index (χ0) is 19.9. The zero-order valence-corrected chi connectivity index (χ0v) is 16.6. The van der Waals surface area contributed by atoms with Gasteiger partial charge in [0.25, 0.3) is 5.91 Å². The summed E-state index contributed by atoms with van der Waals surface area (Å²) in [5, 5.41) is 6.31. The van der Waals surface area contributed by atoms with Gasteiger partial charge in [0.15, 0.2) is 0 Å². The fourth-order valence-electron chi connectivity index (χ4n) is 3.17. The summed E-state index contributed by atoms with van der Waals surface area (Å²) in [5.41, 5.74) is 1.91. The van der Waals surface area contributed by atoms with Crippen molar-refractivity contribution >= 4 is 34.8 Å². The standard InChI is InChI=1S/C21H24ClN3O3/c1-28-19-9-8-16(13-18(19)22)23-14-20(26)24-17-7-5-6-15(12-17)21(27)25-10-3-2-4-11-25/h5-9,12-13,23H,2-4,10-11,14H2,1H3,(H,24,26). The van der Waals surface area contributed by atoms with E-state index >= 15 is 0 Å².